The van der Waals surface area contributed by atoms with Crippen LogP contribution < -0.4 is 5.32 Å². The molecule has 0 aliphatic carbocycles. The van der Waals surface area contributed by atoms with Gasteiger partial charge in [0.1, 0.15) is 0 Å². The van der Waals surface area contributed by atoms with Gasteiger partial charge in [0.2, 0.25) is 0 Å². The quantitative estimate of drug-likeness (QED) is 0.569. The van der Waals surface area contributed by atoms with Gasteiger partial charge in [-0.3, -0.25) is 0 Å². The summed E-state index contributed by atoms with van der Waals surface area (Å²) >= 11 is 10.3. The maximum absolute atomic E-state index is 5.19. The average molecular weight is 270 g/mol. The third-order valence-corrected chi connectivity index (χ3v) is 4.07. The zero-order valence-corrected chi connectivity index (χ0v) is 12.6. The van der Waals surface area contributed by atoms with Crippen LogP contribution >= 0.6 is 24.4 Å². The van der Waals surface area contributed by atoms with E-state index in [9.17, 15) is 0 Å². The Hall–Kier alpha value is -0.320. The highest BCUT2D eigenvalue weighted by atomic mass is 32.1. The first-order valence-electron chi connectivity index (χ1n) is 6.30. The van der Waals surface area contributed by atoms with E-state index in [1.54, 1.807) is 0 Å². The lowest BCUT2D eigenvalue weighted by molar-refractivity contribution is 0.328. The standard InChI is InChI=1S/C13H22N2S2/c1-4-8-15(3)9-6-5-7-14-11-10(2)12(16)13(11)17/h14H,4-9H2,1-3H3. The molecule has 0 fully saturated rings. The summed E-state index contributed by atoms with van der Waals surface area (Å²) in [5, 5.41) is 3.39. The number of nitrogens with one attached hydrogen (secondary N) is 1. The number of hydrogen-bond donors (Lipinski definition) is 1. The summed E-state index contributed by atoms with van der Waals surface area (Å²) in [5.41, 5.74) is 2.26. The number of rotatable bonds is 8. The van der Waals surface area contributed by atoms with Gasteiger partial charge in [-0.1, -0.05) is 31.4 Å². The van der Waals surface area contributed by atoms with Crippen molar-refractivity contribution in [3.63, 3.8) is 0 Å². The first-order chi connectivity index (χ1) is 8.07. The van der Waals surface area contributed by atoms with Crippen molar-refractivity contribution in [2.45, 2.75) is 33.1 Å². The van der Waals surface area contributed by atoms with E-state index in [2.05, 4.69) is 24.2 Å². The van der Waals surface area contributed by atoms with E-state index in [1.165, 1.54) is 32.4 Å². The van der Waals surface area contributed by atoms with E-state index in [1.807, 2.05) is 6.92 Å². The van der Waals surface area contributed by atoms with Gasteiger partial charge in [0.05, 0.1) is 14.7 Å². The molecule has 0 atom stereocenters. The molecule has 0 unspecified atom stereocenters. The second-order valence-electron chi connectivity index (χ2n) is 4.60. The molecule has 1 rings (SSSR count). The van der Waals surface area contributed by atoms with Crippen LogP contribution in [-0.2, 0) is 0 Å². The highest BCUT2D eigenvalue weighted by Crippen LogP contribution is 2.24. The first-order valence-corrected chi connectivity index (χ1v) is 7.12. The van der Waals surface area contributed by atoms with Crippen LogP contribution in [0.25, 0.3) is 0 Å². The largest absolute Gasteiger partial charge is 0.384 e. The fourth-order valence-electron chi connectivity index (χ4n) is 1.93. The molecular weight excluding hydrogens is 248 g/mol. The Labute approximate surface area is 115 Å². The lowest BCUT2D eigenvalue weighted by Gasteiger charge is -2.16. The topological polar surface area (TPSA) is 15.3 Å². The molecular formula is C13H22N2S2. The maximum Gasteiger partial charge on any atom is 0.0795 e. The Morgan fingerprint density at radius 2 is 1.82 bits per heavy atom. The molecule has 0 spiro atoms. The molecule has 0 saturated carbocycles. The predicted octanol–water partition coefficient (Wildman–Crippen LogP) is 3.86. The minimum Gasteiger partial charge on any atom is -0.384 e. The predicted molar refractivity (Wildman–Crippen MR) is 80.7 cm³/mol. The van der Waals surface area contributed by atoms with Crippen molar-refractivity contribution < 1.29 is 0 Å². The fraction of sp³-hybridized carbons (Fsp3) is 0.692. The minimum absolute atomic E-state index is 0.848. The molecule has 0 aliphatic rings. The van der Waals surface area contributed by atoms with E-state index in [-0.39, 0.29) is 0 Å². The molecule has 0 aromatic heterocycles. The Kier molecular flexibility index (Phi) is 6.23. The SMILES string of the molecule is CCCN(C)CCCCNc1c(C)c(=S)c1=S. The number of anilines is 1. The van der Waals surface area contributed by atoms with Gasteiger partial charge >= 0.3 is 0 Å². The van der Waals surface area contributed by atoms with Crippen molar-refractivity contribution in [2.24, 2.45) is 0 Å². The zero-order valence-electron chi connectivity index (χ0n) is 11.0. The Bertz CT molecular complexity index is 419. The number of unbranched alkanes of at least 4 members (excludes halogenated alkanes) is 1. The van der Waals surface area contributed by atoms with Gasteiger partial charge in [-0.05, 0) is 51.9 Å². The summed E-state index contributed by atoms with van der Waals surface area (Å²) in [5.74, 6) is 0. The highest BCUT2D eigenvalue weighted by Gasteiger charge is 2.08. The van der Waals surface area contributed by atoms with Crippen LogP contribution in [0.2, 0.25) is 0 Å². The normalized spacial score (nSPS) is 11.3. The van der Waals surface area contributed by atoms with Crippen molar-refractivity contribution in [3.8, 4) is 0 Å². The summed E-state index contributed by atoms with van der Waals surface area (Å²) < 4.78 is 1.71. The summed E-state index contributed by atoms with van der Waals surface area (Å²) in [6.45, 7) is 7.62. The molecule has 0 radical (unpaired) electrons. The summed E-state index contributed by atoms with van der Waals surface area (Å²) in [6.07, 6.45) is 3.64. The van der Waals surface area contributed by atoms with Crippen LogP contribution in [0.3, 0.4) is 0 Å². The van der Waals surface area contributed by atoms with Crippen LogP contribution in [0.15, 0.2) is 0 Å². The smallest absolute Gasteiger partial charge is 0.0795 e. The van der Waals surface area contributed by atoms with Gasteiger partial charge in [-0.2, -0.15) is 0 Å². The van der Waals surface area contributed by atoms with Crippen molar-refractivity contribution in [2.75, 3.05) is 32.0 Å². The summed E-state index contributed by atoms with van der Waals surface area (Å²) in [4.78, 5) is 2.38. The molecule has 1 N–H and O–H groups in total. The molecule has 0 aliphatic heterocycles. The van der Waals surface area contributed by atoms with Crippen LogP contribution in [0, 0.1) is 15.9 Å². The zero-order chi connectivity index (χ0) is 12.8. The highest BCUT2D eigenvalue weighted by molar-refractivity contribution is 7.74. The Morgan fingerprint density at radius 3 is 2.41 bits per heavy atom. The van der Waals surface area contributed by atoms with E-state index < -0.39 is 0 Å². The van der Waals surface area contributed by atoms with E-state index in [4.69, 9.17) is 24.4 Å². The second kappa shape index (κ2) is 7.19. The number of hydrogen-bond acceptors (Lipinski definition) is 4. The molecule has 1 aromatic carbocycles. The van der Waals surface area contributed by atoms with Crippen molar-refractivity contribution >= 4 is 30.1 Å². The minimum atomic E-state index is 0.848. The van der Waals surface area contributed by atoms with Crippen LogP contribution in [-0.4, -0.2) is 31.6 Å². The van der Waals surface area contributed by atoms with Gasteiger partial charge in [-0.15, -0.1) is 0 Å². The Morgan fingerprint density at radius 1 is 1.12 bits per heavy atom. The van der Waals surface area contributed by atoms with Crippen LogP contribution in [0.4, 0.5) is 5.69 Å². The molecule has 0 saturated heterocycles. The van der Waals surface area contributed by atoms with Crippen molar-refractivity contribution in [3.05, 3.63) is 14.6 Å². The molecule has 1 aromatic rings. The lowest BCUT2D eigenvalue weighted by atomic mass is 10.1. The molecule has 0 bridgehead atoms. The van der Waals surface area contributed by atoms with E-state index in [0.717, 1.165) is 26.8 Å². The molecule has 96 valence electrons. The lowest BCUT2D eigenvalue weighted by Crippen LogP contribution is -2.21. The van der Waals surface area contributed by atoms with Crippen molar-refractivity contribution in [1.29, 1.82) is 0 Å². The maximum atomic E-state index is 5.19. The van der Waals surface area contributed by atoms with Gasteiger partial charge in [-0.25, -0.2) is 0 Å². The molecule has 0 amide bonds. The second-order valence-corrected chi connectivity index (χ2v) is 5.41. The van der Waals surface area contributed by atoms with Gasteiger partial charge in [0.25, 0.3) is 0 Å². The first kappa shape index (κ1) is 14.7. The van der Waals surface area contributed by atoms with Crippen molar-refractivity contribution in [1.82, 2.24) is 4.90 Å². The molecule has 2 nitrogen and oxygen atoms in total. The van der Waals surface area contributed by atoms with Gasteiger partial charge < -0.3 is 10.2 Å². The summed E-state index contributed by atoms with van der Waals surface area (Å²) in [7, 11) is 2.18. The number of nitrogens with zero attached hydrogens (tertiary/aromatic N) is 1. The average Bonchev–Trinajstić information content (AvgIpc) is 2.32. The molecule has 0 heterocycles. The third-order valence-electron chi connectivity index (χ3n) is 3.02. The van der Waals surface area contributed by atoms with Gasteiger partial charge in [0.15, 0.2) is 0 Å². The van der Waals surface area contributed by atoms with Crippen LogP contribution in [0.1, 0.15) is 31.7 Å². The van der Waals surface area contributed by atoms with E-state index >= 15 is 0 Å². The molecule has 4 heteroatoms. The van der Waals surface area contributed by atoms with Gasteiger partial charge in [0, 0.05) is 6.54 Å². The Balaban J connectivity index is 2.14. The summed E-state index contributed by atoms with van der Waals surface area (Å²) in [6, 6.07) is 0. The fourth-order valence-corrected chi connectivity index (χ4v) is 2.51. The van der Waals surface area contributed by atoms with E-state index in [0.29, 0.717) is 0 Å². The third kappa shape index (κ3) is 4.12. The molecule has 17 heavy (non-hydrogen) atoms. The van der Waals surface area contributed by atoms with Crippen LogP contribution in [0.5, 0.6) is 0 Å². The monoisotopic (exact) mass is 270 g/mol.